The summed E-state index contributed by atoms with van der Waals surface area (Å²) in [6.07, 6.45) is 7.79. The lowest BCUT2D eigenvalue weighted by Gasteiger charge is -2.01. The molecule has 0 atom stereocenters. The maximum atomic E-state index is 5.32. The third-order valence-electron chi connectivity index (χ3n) is 2.42. The van der Waals surface area contributed by atoms with Crippen LogP contribution in [0.2, 0.25) is 0 Å². The van der Waals surface area contributed by atoms with Gasteiger partial charge in [-0.3, -0.25) is 0 Å². The van der Waals surface area contributed by atoms with Gasteiger partial charge in [0.1, 0.15) is 0 Å². The van der Waals surface area contributed by atoms with Gasteiger partial charge in [-0.1, -0.05) is 48.9 Å². The molecule has 0 saturated carbocycles. The molecule has 0 nitrogen and oxygen atoms in total. The molecule has 0 amide bonds. The fraction of sp³-hybridized carbons (Fsp3) is 0.429. The van der Waals surface area contributed by atoms with E-state index in [1.54, 1.807) is 6.08 Å². The Balaban J connectivity index is 2.21. The van der Waals surface area contributed by atoms with Crippen LogP contribution in [0.15, 0.2) is 30.3 Å². The van der Waals surface area contributed by atoms with Gasteiger partial charge in [-0.15, -0.1) is 0 Å². The van der Waals surface area contributed by atoms with Crippen LogP contribution in [-0.4, -0.2) is 0 Å². The molecule has 0 saturated heterocycles. The summed E-state index contributed by atoms with van der Waals surface area (Å²) < 4.78 is 0. The summed E-state index contributed by atoms with van der Waals surface area (Å²) >= 11 is 0. The maximum absolute atomic E-state index is 5.32. The van der Waals surface area contributed by atoms with Crippen molar-refractivity contribution in [3.05, 3.63) is 48.0 Å². The minimum atomic E-state index is 1.05. The highest BCUT2D eigenvalue weighted by Gasteiger charge is 1.93. The van der Waals surface area contributed by atoms with Gasteiger partial charge in [0, 0.05) is 0 Å². The minimum Gasteiger partial charge on any atom is -0.0845 e. The van der Waals surface area contributed by atoms with E-state index < -0.39 is 0 Å². The zero-order valence-electron chi connectivity index (χ0n) is 9.00. The van der Waals surface area contributed by atoms with Crippen LogP contribution in [0.3, 0.4) is 0 Å². The van der Waals surface area contributed by atoms with Crippen LogP contribution in [0.25, 0.3) is 0 Å². The number of aryl methyl sites for hydroxylation is 2. The molecule has 14 heavy (non-hydrogen) atoms. The van der Waals surface area contributed by atoms with Crippen LogP contribution in [0.4, 0.5) is 0 Å². The second-order valence-electron chi connectivity index (χ2n) is 3.82. The molecule has 1 rings (SSSR count). The molecule has 0 N–H and O–H groups in total. The second-order valence-corrected chi connectivity index (χ2v) is 3.82. The highest BCUT2D eigenvalue weighted by molar-refractivity contribution is 5.22. The molecular formula is C14H19. The van der Waals surface area contributed by atoms with E-state index in [-0.39, 0.29) is 0 Å². The highest BCUT2D eigenvalue weighted by atomic mass is 14.0. The van der Waals surface area contributed by atoms with Crippen molar-refractivity contribution >= 4 is 0 Å². The normalized spacial score (nSPS) is 10.1. The van der Waals surface area contributed by atoms with Crippen molar-refractivity contribution in [2.24, 2.45) is 0 Å². The monoisotopic (exact) mass is 187 g/mol. The first-order chi connectivity index (χ1) is 6.83. The molecule has 1 aromatic carbocycles. The lowest BCUT2D eigenvalue weighted by atomic mass is 10.0. The fourth-order valence-electron chi connectivity index (χ4n) is 1.64. The van der Waals surface area contributed by atoms with E-state index >= 15 is 0 Å². The van der Waals surface area contributed by atoms with Crippen LogP contribution in [-0.2, 0) is 6.42 Å². The number of allylic oxidation sites excluding steroid dienone is 1. The fourth-order valence-corrected chi connectivity index (χ4v) is 1.64. The van der Waals surface area contributed by atoms with Crippen molar-refractivity contribution in [3.63, 3.8) is 0 Å². The Bertz CT molecular complexity index is 273. The summed E-state index contributed by atoms with van der Waals surface area (Å²) in [5.74, 6) is 0. The first kappa shape index (κ1) is 11.0. The van der Waals surface area contributed by atoms with Gasteiger partial charge in [-0.05, 0) is 38.2 Å². The molecule has 0 spiro atoms. The van der Waals surface area contributed by atoms with Crippen molar-refractivity contribution < 1.29 is 0 Å². The Kier molecular flexibility index (Phi) is 5.06. The van der Waals surface area contributed by atoms with Crippen LogP contribution in [0, 0.1) is 13.5 Å². The van der Waals surface area contributed by atoms with Crippen molar-refractivity contribution in [3.8, 4) is 0 Å². The number of hydrogen-bond acceptors (Lipinski definition) is 0. The summed E-state index contributed by atoms with van der Waals surface area (Å²) in [5.41, 5.74) is 2.82. The zero-order chi connectivity index (χ0) is 10.2. The van der Waals surface area contributed by atoms with Gasteiger partial charge in [0.05, 0.1) is 0 Å². The molecule has 0 unspecified atom stereocenters. The Labute approximate surface area is 87.7 Å². The number of unbranched alkanes of at least 4 members (excludes halogenated alkanes) is 3. The van der Waals surface area contributed by atoms with E-state index in [9.17, 15) is 0 Å². The molecule has 1 aromatic rings. The number of rotatable bonds is 6. The molecule has 0 heteroatoms. The van der Waals surface area contributed by atoms with E-state index in [2.05, 4.69) is 31.2 Å². The summed E-state index contributed by atoms with van der Waals surface area (Å²) in [6, 6.07) is 8.77. The predicted octanol–water partition coefficient (Wildman–Crippen LogP) is 4.09. The molecule has 0 bridgehead atoms. The highest BCUT2D eigenvalue weighted by Crippen LogP contribution is 2.09. The van der Waals surface area contributed by atoms with Crippen molar-refractivity contribution in [2.45, 2.75) is 39.0 Å². The molecule has 0 aliphatic carbocycles. The van der Waals surface area contributed by atoms with Crippen LogP contribution >= 0.6 is 0 Å². The largest absolute Gasteiger partial charge is 0.0845 e. The molecule has 0 aliphatic rings. The smallest absolute Gasteiger partial charge is 0.0279 e. The molecule has 0 aliphatic heterocycles. The first-order valence-corrected chi connectivity index (χ1v) is 5.42. The first-order valence-electron chi connectivity index (χ1n) is 5.42. The Morgan fingerprint density at radius 2 is 2.07 bits per heavy atom. The molecular weight excluding hydrogens is 168 g/mol. The van der Waals surface area contributed by atoms with Crippen LogP contribution < -0.4 is 0 Å². The summed E-state index contributed by atoms with van der Waals surface area (Å²) in [4.78, 5) is 0. The standard InChI is InChI=1S/C14H19/c1-3-4-5-6-7-10-14-11-8-9-13(2)12-14/h1,3,8-9,11-12H,4-7,10H2,2H3. The third-order valence-corrected chi connectivity index (χ3v) is 2.42. The quantitative estimate of drug-likeness (QED) is 0.588. The van der Waals surface area contributed by atoms with Crippen LogP contribution in [0.5, 0.6) is 0 Å². The lowest BCUT2D eigenvalue weighted by Crippen LogP contribution is -1.86. The third kappa shape index (κ3) is 4.27. The van der Waals surface area contributed by atoms with Gasteiger partial charge in [0.25, 0.3) is 0 Å². The van der Waals surface area contributed by atoms with Crippen LogP contribution in [0.1, 0.15) is 36.8 Å². The molecule has 1 radical (unpaired) electrons. The van der Waals surface area contributed by atoms with Gasteiger partial charge in [-0.25, -0.2) is 0 Å². The zero-order valence-corrected chi connectivity index (χ0v) is 9.00. The van der Waals surface area contributed by atoms with E-state index in [0.29, 0.717) is 0 Å². The van der Waals surface area contributed by atoms with Gasteiger partial charge in [0.2, 0.25) is 0 Å². The minimum absolute atomic E-state index is 1.05. The van der Waals surface area contributed by atoms with Gasteiger partial charge < -0.3 is 0 Å². The summed E-state index contributed by atoms with van der Waals surface area (Å²) in [6.45, 7) is 7.46. The van der Waals surface area contributed by atoms with Crippen molar-refractivity contribution in [1.82, 2.24) is 0 Å². The topological polar surface area (TPSA) is 0 Å². The van der Waals surface area contributed by atoms with E-state index in [1.807, 2.05) is 0 Å². The number of hydrogen-bond donors (Lipinski definition) is 0. The second kappa shape index (κ2) is 6.42. The van der Waals surface area contributed by atoms with Gasteiger partial charge in [0.15, 0.2) is 0 Å². The Hall–Kier alpha value is -1.04. The lowest BCUT2D eigenvalue weighted by molar-refractivity contribution is 0.687. The van der Waals surface area contributed by atoms with Gasteiger partial charge in [-0.2, -0.15) is 0 Å². The predicted molar refractivity (Wildman–Crippen MR) is 62.2 cm³/mol. The summed E-state index contributed by atoms with van der Waals surface area (Å²) in [7, 11) is 0. The average molecular weight is 187 g/mol. The maximum Gasteiger partial charge on any atom is -0.0279 e. The van der Waals surface area contributed by atoms with E-state index in [1.165, 1.54) is 36.8 Å². The molecule has 0 aromatic heterocycles. The Morgan fingerprint density at radius 3 is 2.79 bits per heavy atom. The molecule has 0 heterocycles. The molecule has 0 fully saturated rings. The SMILES string of the molecule is [CH]=CCCCCCc1cccc(C)c1. The summed E-state index contributed by atoms with van der Waals surface area (Å²) in [5, 5.41) is 0. The van der Waals surface area contributed by atoms with Crippen molar-refractivity contribution in [1.29, 1.82) is 0 Å². The van der Waals surface area contributed by atoms with E-state index in [0.717, 1.165) is 6.42 Å². The average Bonchev–Trinajstić information content (AvgIpc) is 2.18. The Morgan fingerprint density at radius 1 is 1.21 bits per heavy atom. The van der Waals surface area contributed by atoms with Crippen molar-refractivity contribution in [2.75, 3.05) is 0 Å². The number of benzene rings is 1. The van der Waals surface area contributed by atoms with Gasteiger partial charge >= 0.3 is 0 Å². The van der Waals surface area contributed by atoms with E-state index in [4.69, 9.17) is 6.58 Å². The molecule has 75 valence electrons.